The summed E-state index contributed by atoms with van der Waals surface area (Å²) in [7, 11) is 0. The molecule has 96 valence electrons. The SMILES string of the molecule is CC(Cc1ccsc1)NCc1ccc(Br)cc1Cl. The number of rotatable bonds is 5. The van der Waals surface area contributed by atoms with Gasteiger partial charge in [-0.05, 0) is 53.4 Å². The summed E-state index contributed by atoms with van der Waals surface area (Å²) in [6.45, 7) is 3.00. The Kier molecular flexibility index (Phi) is 5.25. The lowest BCUT2D eigenvalue weighted by atomic mass is 10.1. The highest BCUT2D eigenvalue weighted by Gasteiger charge is 2.06. The second-order valence-electron chi connectivity index (χ2n) is 4.35. The van der Waals surface area contributed by atoms with Crippen LogP contribution in [0.2, 0.25) is 5.02 Å². The maximum atomic E-state index is 6.19. The van der Waals surface area contributed by atoms with Crippen molar-refractivity contribution in [3.05, 3.63) is 55.6 Å². The Balaban J connectivity index is 1.87. The minimum absolute atomic E-state index is 0.444. The fourth-order valence-corrected chi connectivity index (χ4v) is 3.21. The molecule has 1 aromatic carbocycles. The molecule has 0 aliphatic rings. The number of hydrogen-bond donors (Lipinski definition) is 1. The largest absolute Gasteiger partial charge is 0.310 e. The summed E-state index contributed by atoms with van der Waals surface area (Å²) >= 11 is 11.3. The van der Waals surface area contributed by atoms with Gasteiger partial charge in [0.25, 0.3) is 0 Å². The summed E-state index contributed by atoms with van der Waals surface area (Å²) in [5.41, 5.74) is 2.53. The Morgan fingerprint density at radius 3 is 2.89 bits per heavy atom. The molecule has 0 aliphatic carbocycles. The van der Waals surface area contributed by atoms with Gasteiger partial charge in [-0.1, -0.05) is 33.6 Å². The minimum atomic E-state index is 0.444. The Morgan fingerprint density at radius 2 is 2.22 bits per heavy atom. The van der Waals surface area contributed by atoms with Crippen molar-refractivity contribution in [2.75, 3.05) is 0 Å². The average Bonchev–Trinajstić information content (AvgIpc) is 2.80. The first-order valence-corrected chi connectivity index (χ1v) is 7.95. The first kappa shape index (κ1) is 14.1. The third-order valence-electron chi connectivity index (χ3n) is 2.78. The summed E-state index contributed by atoms with van der Waals surface area (Å²) in [5.74, 6) is 0. The van der Waals surface area contributed by atoms with Crippen LogP contribution in [0.4, 0.5) is 0 Å². The molecule has 2 rings (SSSR count). The zero-order valence-corrected chi connectivity index (χ0v) is 13.3. The topological polar surface area (TPSA) is 12.0 Å². The predicted molar refractivity (Wildman–Crippen MR) is 83.5 cm³/mol. The summed E-state index contributed by atoms with van der Waals surface area (Å²) < 4.78 is 1.02. The van der Waals surface area contributed by atoms with Crippen LogP contribution < -0.4 is 5.32 Å². The summed E-state index contributed by atoms with van der Waals surface area (Å²) in [4.78, 5) is 0. The molecule has 1 atom stereocenters. The number of hydrogen-bond acceptors (Lipinski definition) is 2. The highest BCUT2D eigenvalue weighted by Crippen LogP contribution is 2.21. The van der Waals surface area contributed by atoms with Crippen molar-refractivity contribution >= 4 is 38.9 Å². The molecule has 1 N–H and O–H groups in total. The van der Waals surface area contributed by atoms with Crippen LogP contribution in [-0.4, -0.2) is 6.04 Å². The van der Waals surface area contributed by atoms with Crippen molar-refractivity contribution in [1.82, 2.24) is 5.32 Å². The van der Waals surface area contributed by atoms with Crippen LogP contribution in [0.25, 0.3) is 0 Å². The van der Waals surface area contributed by atoms with E-state index in [2.05, 4.69) is 51.1 Å². The standard InChI is InChI=1S/C14H15BrClNS/c1-10(6-11-4-5-18-9-11)17-8-12-2-3-13(15)7-14(12)16/h2-5,7,9-10,17H,6,8H2,1H3. The van der Waals surface area contributed by atoms with Crippen molar-refractivity contribution in [3.63, 3.8) is 0 Å². The minimum Gasteiger partial charge on any atom is -0.310 e. The quantitative estimate of drug-likeness (QED) is 0.814. The molecule has 0 spiro atoms. The Labute approximate surface area is 125 Å². The highest BCUT2D eigenvalue weighted by molar-refractivity contribution is 9.10. The van der Waals surface area contributed by atoms with Crippen LogP contribution in [-0.2, 0) is 13.0 Å². The van der Waals surface area contributed by atoms with Gasteiger partial charge in [0.15, 0.2) is 0 Å². The van der Waals surface area contributed by atoms with Crippen molar-refractivity contribution in [3.8, 4) is 0 Å². The molecule has 1 heterocycles. The van der Waals surface area contributed by atoms with Gasteiger partial charge in [0.2, 0.25) is 0 Å². The molecule has 0 saturated carbocycles. The Morgan fingerprint density at radius 1 is 1.39 bits per heavy atom. The van der Waals surface area contributed by atoms with Crippen LogP contribution in [0.3, 0.4) is 0 Å². The predicted octanol–water partition coefficient (Wildman–Crippen LogP) is 4.88. The molecule has 18 heavy (non-hydrogen) atoms. The average molecular weight is 345 g/mol. The molecule has 2 aromatic rings. The van der Waals surface area contributed by atoms with Gasteiger partial charge in [0.1, 0.15) is 0 Å². The number of thiophene rings is 1. The lowest BCUT2D eigenvalue weighted by molar-refractivity contribution is 0.546. The van der Waals surface area contributed by atoms with E-state index >= 15 is 0 Å². The molecular weight excluding hydrogens is 330 g/mol. The second kappa shape index (κ2) is 6.71. The zero-order chi connectivity index (χ0) is 13.0. The van der Waals surface area contributed by atoms with Crippen molar-refractivity contribution in [2.45, 2.75) is 25.9 Å². The monoisotopic (exact) mass is 343 g/mol. The third-order valence-corrected chi connectivity index (χ3v) is 4.36. The van der Waals surface area contributed by atoms with Crippen molar-refractivity contribution in [1.29, 1.82) is 0 Å². The molecule has 1 unspecified atom stereocenters. The third kappa shape index (κ3) is 4.09. The molecule has 0 amide bonds. The van der Waals surface area contributed by atoms with Crippen LogP contribution in [0.1, 0.15) is 18.1 Å². The number of benzene rings is 1. The summed E-state index contributed by atoms with van der Waals surface area (Å²) in [6, 6.07) is 8.63. The second-order valence-corrected chi connectivity index (χ2v) is 6.46. The molecule has 0 fully saturated rings. The van der Waals surface area contributed by atoms with Crippen LogP contribution in [0.15, 0.2) is 39.5 Å². The molecule has 0 bridgehead atoms. The molecule has 0 aliphatic heterocycles. The van der Waals surface area contributed by atoms with Crippen molar-refractivity contribution < 1.29 is 0 Å². The van der Waals surface area contributed by atoms with Gasteiger partial charge in [-0.2, -0.15) is 11.3 Å². The first-order valence-electron chi connectivity index (χ1n) is 5.83. The van der Waals surface area contributed by atoms with Gasteiger partial charge in [0, 0.05) is 22.1 Å². The van der Waals surface area contributed by atoms with E-state index in [1.165, 1.54) is 5.56 Å². The van der Waals surface area contributed by atoms with E-state index in [4.69, 9.17) is 11.6 Å². The zero-order valence-electron chi connectivity index (χ0n) is 10.1. The highest BCUT2D eigenvalue weighted by atomic mass is 79.9. The lowest BCUT2D eigenvalue weighted by Crippen LogP contribution is -2.27. The molecule has 1 aromatic heterocycles. The van der Waals surface area contributed by atoms with Crippen LogP contribution in [0, 0.1) is 0 Å². The van der Waals surface area contributed by atoms with E-state index in [0.717, 1.165) is 28.0 Å². The molecule has 0 radical (unpaired) electrons. The van der Waals surface area contributed by atoms with E-state index in [1.54, 1.807) is 11.3 Å². The van der Waals surface area contributed by atoms with Crippen LogP contribution >= 0.6 is 38.9 Å². The van der Waals surface area contributed by atoms with E-state index in [0.29, 0.717) is 6.04 Å². The fraction of sp³-hybridized carbons (Fsp3) is 0.286. The Bertz CT molecular complexity index is 499. The van der Waals surface area contributed by atoms with E-state index in [9.17, 15) is 0 Å². The van der Waals surface area contributed by atoms with Gasteiger partial charge in [0.05, 0.1) is 0 Å². The van der Waals surface area contributed by atoms with E-state index in [1.807, 2.05) is 12.1 Å². The summed E-state index contributed by atoms with van der Waals surface area (Å²) in [6.07, 6.45) is 1.05. The molecule has 0 saturated heterocycles. The molecular formula is C14H15BrClNS. The van der Waals surface area contributed by atoms with Gasteiger partial charge < -0.3 is 5.32 Å². The normalized spacial score (nSPS) is 12.6. The Hall–Kier alpha value is -0.350. The van der Waals surface area contributed by atoms with E-state index in [-0.39, 0.29) is 0 Å². The van der Waals surface area contributed by atoms with Gasteiger partial charge in [-0.25, -0.2) is 0 Å². The lowest BCUT2D eigenvalue weighted by Gasteiger charge is -2.14. The van der Waals surface area contributed by atoms with Crippen molar-refractivity contribution in [2.24, 2.45) is 0 Å². The molecule has 4 heteroatoms. The first-order chi connectivity index (χ1) is 8.65. The number of halogens is 2. The van der Waals surface area contributed by atoms with E-state index < -0.39 is 0 Å². The fourth-order valence-electron chi connectivity index (χ4n) is 1.78. The molecule has 1 nitrogen and oxygen atoms in total. The van der Waals surface area contributed by atoms with Gasteiger partial charge >= 0.3 is 0 Å². The van der Waals surface area contributed by atoms with Gasteiger partial charge in [-0.15, -0.1) is 0 Å². The van der Waals surface area contributed by atoms with Crippen LogP contribution in [0.5, 0.6) is 0 Å². The number of nitrogens with one attached hydrogen (secondary N) is 1. The smallest absolute Gasteiger partial charge is 0.0462 e. The summed E-state index contributed by atoms with van der Waals surface area (Å²) in [5, 5.41) is 8.63. The maximum Gasteiger partial charge on any atom is 0.0462 e. The maximum absolute atomic E-state index is 6.19. The van der Waals surface area contributed by atoms with Gasteiger partial charge in [-0.3, -0.25) is 0 Å².